The Morgan fingerprint density at radius 1 is 1.16 bits per heavy atom. The van der Waals surface area contributed by atoms with E-state index in [9.17, 15) is 9.59 Å². The maximum Gasteiger partial charge on any atom is 0.350 e. The van der Waals surface area contributed by atoms with E-state index in [1.807, 2.05) is 0 Å². The Hall–Kier alpha value is -2.50. The van der Waals surface area contributed by atoms with Crippen molar-refractivity contribution in [2.75, 3.05) is 11.1 Å². The zero-order valence-corrected chi connectivity index (χ0v) is 10.6. The molecule has 6 nitrogen and oxygen atoms in total. The van der Waals surface area contributed by atoms with Crippen LogP contribution in [0.25, 0.3) is 0 Å². The number of para-hydroxylation sites is 2. The third-order valence-corrected chi connectivity index (χ3v) is 2.45. The number of ether oxygens (including phenoxy) is 2. The van der Waals surface area contributed by atoms with Gasteiger partial charge in [0, 0.05) is 20.0 Å². The van der Waals surface area contributed by atoms with Gasteiger partial charge in [-0.05, 0) is 12.1 Å². The van der Waals surface area contributed by atoms with E-state index in [-0.39, 0.29) is 5.57 Å². The van der Waals surface area contributed by atoms with Gasteiger partial charge in [-0.2, -0.15) is 0 Å². The molecule has 0 saturated carbocycles. The Balaban J connectivity index is 2.18. The number of anilines is 2. The first-order valence-electron chi connectivity index (χ1n) is 5.67. The average Bonchev–Trinajstić information content (AvgIpc) is 2.28. The SMILES string of the molecule is CC1(C)OC(=O)C(=CNc2ccccc2N)C(=O)O1. The van der Waals surface area contributed by atoms with Gasteiger partial charge in [-0.25, -0.2) is 9.59 Å². The second-order valence-electron chi connectivity index (χ2n) is 4.47. The molecule has 0 atom stereocenters. The average molecular weight is 262 g/mol. The summed E-state index contributed by atoms with van der Waals surface area (Å²) in [6.07, 6.45) is 1.23. The number of carbonyl (C=O) groups is 2. The molecule has 6 heteroatoms. The molecule has 1 aliphatic rings. The Morgan fingerprint density at radius 3 is 2.32 bits per heavy atom. The quantitative estimate of drug-likeness (QED) is 0.362. The number of rotatable bonds is 2. The monoisotopic (exact) mass is 262 g/mol. The van der Waals surface area contributed by atoms with Crippen molar-refractivity contribution in [1.29, 1.82) is 0 Å². The molecule has 0 bridgehead atoms. The van der Waals surface area contributed by atoms with Gasteiger partial charge < -0.3 is 20.5 Å². The van der Waals surface area contributed by atoms with Crippen LogP contribution in [0.15, 0.2) is 36.0 Å². The Kier molecular flexibility index (Phi) is 3.16. The zero-order valence-electron chi connectivity index (χ0n) is 10.6. The number of nitrogens with two attached hydrogens (primary N) is 1. The van der Waals surface area contributed by atoms with E-state index in [0.29, 0.717) is 11.4 Å². The van der Waals surface area contributed by atoms with Crippen molar-refractivity contribution >= 4 is 23.3 Å². The number of carbonyl (C=O) groups excluding carboxylic acids is 2. The van der Waals surface area contributed by atoms with E-state index in [1.54, 1.807) is 24.3 Å². The van der Waals surface area contributed by atoms with Crippen molar-refractivity contribution < 1.29 is 19.1 Å². The first-order chi connectivity index (χ1) is 8.89. The number of esters is 2. The zero-order chi connectivity index (χ0) is 14.0. The molecule has 0 radical (unpaired) electrons. The molecular weight excluding hydrogens is 248 g/mol. The van der Waals surface area contributed by atoms with Gasteiger partial charge in [0.25, 0.3) is 5.79 Å². The van der Waals surface area contributed by atoms with E-state index in [2.05, 4.69) is 5.32 Å². The van der Waals surface area contributed by atoms with Crippen molar-refractivity contribution in [3.63, 3.8) is 0 Å². The Labute approximate surface area is 110 Å². The minimum absolute atomic E-state index is 0.206. The largest absolute Gasteiger partial charge is 0.419 e. The molecular formula is C13H14N2O4. The molecule has 100 valence electrons. The van der Waals surface area contributed by atoms with Gasteiger partial charge in [-0.15, -0.1) is 0 Å². The van der Waals surface area contributed by atoms with Crippen LogP contribution < -0.4 is 11.1 Å². The van der Waals surface area contributed by atoms with Crippen molar-refractivity contribution in [2.45, 2.75) is 19.6 Å². The fourth-order valence-corrected chi connectivity index (χ4v) is 1.56. The topological polar surface area (TPSA) is 90.6 Å². The van der Waals surface area contributed by atoms with Gasteiger partial charge in [0.2, 0.25) is 0 Å². The number of benzene rings is 1. The molecule has 2 rings (SSSR count). The molecule has 1 aliphatic heterocycles. The predicted octanol–water partition coefficient (Wildman–Crippen LogP) is 1.40. The summed E-state index contributed by atoms with van der Waals surface area (Å²) in [5, 5.41) is 2.78. The molecule has 0 aromatic heterocycles. The fourth-order valence-electron chi connectivity index (χ4n) is 1.56. The molecule has 0 spiro atoms. The third-order valence-electron chi connectivity index (χ3n) is 2.45. The highest BCUT2D eigenvalue weighted by atomic mass is 16.7. The van der Waals surface area contributed by atoms with Crippen LogP contribution in [0.4, 0.5) is 11.4 Å². The summed E-state index contributed by atoms with van der Waals surface area (Å²) in [7, 11) is 0. The highest BCUT2D eigenvalue weighted by Crippen LogP contribution is 2.23. The van der Waals surface area contributed by atoms with Gasteiger partial charge in [-0.3, -0.25) is 0 Å². The normalized spacial score (nSPS) is 17.5. The summed E-state index contributed by atoms with van der Waals surface area (Å²) in [6, 6.07) is 6.97. The molecule has 1 saturated heterocycles. The number of nitrogen functional groups attached to an aromatic ring is 1. The maximum absolute atomic E-state index is 11.7. The summed E-state index contributed by atoms with van der Waals surface area (Å²) in [5.74, 6) is -2.71. The second kappa shape index (κ2) is 4.64. The van der Waals surface area contributed by atoms with Crippen LogP contribution >= 0.6 is 0 Å². The highest BCUT2D eigenvalue weighted by Gasteiger charge is 2.38. The summed E-state index contributed by atoms with van der Waals surface area (Å²) in [4.78, 5) is 23.3. The van der Waals surface area contributed by atoms with Crippen molar-refractivity contribution in [3.05, 3.63) is 36.0 Å². The van der Waals surface area contributed by atoms with Crippen molar-refractivity contribution in [1.82, 2.24) is 0 Å². The Bertz CT molecular complexity index is 542. The smallest absolute Gasteiger partial charge is 0.350 e. The van der Waals surface area contributed by atoms with E-state index in [1.165, 1.54) is 20.0 Å². The highest BCUT2D eigenvalue weighted by molar-refractivity contribution is 6.15. The molecule has 1 heterocycles. The van der Waals surface area contributed by atoms with Crippen LogP contribution in [0.1, 0.15) is 13.8 Å². The lowest BCUT2D eigenvalue weighted by molar-refractivity contribution is -0.222. The number of hydrogen-bond acceptors (Lipinski definition) is 6. The first-order valence-corrected chi connectivity index (χ1v) is 5.67. The Morgan fingerprint density at radius 2 is 1.74 bits per heavy atom. The van der Waals surface area contributed by atoms with Gasteiger partial charge >= 0.3 is 11.9 Å². The minimum Gasteiger partial charge on any atom is -0.419 e. The van der Waals surface area contributed by atoms with Crippen LogP contribution in [0.5, 0.6) is 0 Å². The van der Waals surface area contributed by atoms with Gasteiger partial charge in [0.15, 0.2) is 5.57 Å². The van der Waals surface area contributed by atoms with E-state index in [0.717, 1.165) is 0 Å². The molecule has 1 aromatic rings. The van der Waals surface area contributed by atoms with Crippen LogP contribution in [0, 0.1) is 0 Å². The predicted molar refractivity (Wildman–Crippen MR) is 68.8 cm³/mol. The molecule has 3 N–H and O–H groups in total. The summed E-state index contributed by atoms with van der Waals surface area (Å²) in [5.41, 5.74) is 6.60. The van der Waals surface area contributed by atoms with Gasteiger partial charge in [-0.1, -0.05) is 12.1 Å². The molecule has 0 unspecified atom stereocenters. The fraction of sp³-hybridized carbons (Fsp3) is 0.231. The lowest BCUT2D eigenvalue weighted by Crippen LogP contribution is -2.42. The van der Waals surface area contributed by atoms with Gasteiger partial charge in [0.1, 0.15) is 0 Å². The van der Waals surface area contributed by atoms with Crippen LogP contribution in [0.2, 0.25) is 0 Å². The summed E-state index contributed by atoms with van der Waals surface area (Å²) < 4.78 is 9.91. The third kappa shape index (κ3) is 2.85. The first kappa shape index (κ1) is 12.9. The number of nitrogens with one attached hydrogen (secondary N) is 1. The van der Waals surface area contributed by atoms with Crippen molar-refractivity contribution in [3.8, 4) is 0 Å². The van der Waals surface area contributed by atoms with E-state index >= 15 is 0 Å². The van der Waals surface area contributed by atoms with Gasteiger partial charge in [0.05, 0.1) is 11.4 Å². The molecule has 1 fully saturated rings. The van der Waals surface area contributed by atoms with Crippen LogP contribution in [-0.2, 0) is 19.1 Å². The molecule has 1 aromatic carbocycles. The van der Waals surface area contributed by atoms with Crippen LogP contribution in [-0.4, -0.2) is 17.7 Å². The molecule has 0 aliphatic carbocycles. The summed E-state index contributed by atoms with van der Waals surface area (Å²) in [6.45, 7) is 2.98. The lowest BCUT2D eigenvalue weighted by Gasteiger charge is -2.29. The molecule has 19 heavy (non-hydrogen) atoms. The van der Waals surface area contributed by atoms with Crippen LogP contribution in [0.3, 0.4) is 0 Å². The molecule has 0 amide bonds. The van der Waals surface area contributed by atoms with Crippen molar-refractivity contribution in [2.24, 2.45) is 0 Å². The number of cyclic esters (lactones) is 2. The van der Waals surface area contributed by atoms with E-state index < -0.39 is 17.7 Å². The summed E-state index contributed by atoms with van der Waals surface area (Å²) >= 11 is 0. The second-order valence-corrected chi connectivity index (χ2v) is 4.47. The van der Waals surface area contributed by atoms with E-state index in [4.69, 9.17) is 15.2 Å². The number of hydrogen-bond donors (Lipinski definition) is 2. The standard InChI is InChI=1S/C13H14N2O4/c1-13(2)18-11(16)8(12(17)19-13)7-15-10-6-4-3-5-9(10)14/h3-7,15H,14H2,1-2H3. The maximum atomic E-state index is 11.7. The lowest BCUT2D eigenvalue weighted by atomic mass is 10.2. The minimum atomic E-state index is -1.24.